The number of aliphatic imine (C=N–C) groups is 1. The van der Waals surface area contributed by atoms with Crippen LogP contribution in [-0.2, 0) is 82.9 Å². The van der Waals surface area contributed by atoms with Gasteiger partial charge in [0.25, 0.3) is 29.5 Å². The van der Waals surface area contributed by atoms with Crippen molar-refractivity contribution in [2.24, 2.45) is 40.2 Å². The molecule has 0 saturated carbocycles. The molecule has 8 N–H and O–H groups in total. The Labute approximate surface area is 726 Å². The topological polar surface area (TPSA) is 438 Å². The lowest BCUT2D eigenvalue weighted by molar-refractivity contribution is -0.131. The molecule has 41 heteroatoms. The number of imidazole rings is 3. The van der Waals surface area contributed by atoms with Crippen molar-refractivity contribution in [2.45, 2.75) is 71.8 Å². The van der Waals surface area contributed by atoms with E-state index in [0.717, 1.165) is 57.6 Å². The summed E-state index contributed by atoms with van der Waals surface area (Å²) >= 11 is 7.92. The summed E-state index contributed by atoms with van der Waals surface area (Å²) in [5, 5.41) is 32.2. The number of thiophene rings is 1. The molecule has 39 nitrogen and oxygen atoms in total. The van der Waals surface area contributed by atoms with Crippen LogP contribution in [0.25, 0.3) is 5.00 Å². The van der Waals surface area contributed by atoms with E-state index in [9.17, 15) is 47.9 Å². The second-order valence-corrected chi connectivity index (χ2v) is 31.1. The summed E-state index contributed by atoms with van der Waals surface area (Å²) in [6.45, 7) is 12.7. The highest BCUT2D eigenvalue weighted by Gasteiger charge is 2.33. The van der Waals surface area contributed by atoms with Crippen LogP contribution >= 0.6 is 22.9 Å². The highest BCUT2D eigenvalue weighted by atomic mass is 35.5. The summed E-state index contributed by atoms with van der Waals surface area (Å²) < 4.78 is 43.4. The monoisotopic (exact) mass is 1750 g/mol. The predicted molar refractivity (Wildman–Crippen MR) is 464 cm³/mol. The Balaban J connectivity index is 0.487. The molecule has 1 aliphatic heterocycles. The lowest BCUT2D eigenvalue weighted by Crippen LogP contribution is -2.35. The van der Waals surface area contributed by atoms with Crippen LogP contribution in [-0.4, -0.2) is 272 Å². The number of fused-ring (bicyclic) bond motifs is 3. The van der Waals surface area contributed by atoms with Gasteiger partial charge >= 0.3 is 0 Å². The zero-order valence-corrected chi connectivity index (χ0v) is 73.1. The van der Waals surface area contributed by atoms with Gasteiger partial charge in [0.1, 0.15) is 40.6 Å². The number of carbonyl (C=O) groups is 10. The SMILES string of the molecule is Cc1sc2c(c1C)C(c1ccc(Cl)cc1)=N[C@@H](CC(=O)Nc1ccc(OCCOCCOCCOCCOCCOCCC(=O)N(C)CCCN(C)CCCN(C)C(=O)CCNC(=O)c3nc(NC(=O)CCNC(=O)c4cc(NC(=O)c5nc(NC(=O)CCNC(=O)c6cc(NC(=O)c7nccn7C)cn6C)cn5C)cn4C)cn3C)cc1)c1nnc(C)n1-2. The Morgan fingerprint density at radius 2 is 0.984 bits per heavy atom. The van der Waals surface area contributed by atoms with Crippen molar-refractivity contribution in [2.75, 3.05) is 166 Å². The smallest absolute Gasteiger partial charge is 0.291 e. The average Bonchev–Trinajstić information content (AvgIpc) is 1.59. The van der Waals surface area contributed by atoms with E-state index in [1.165, 1.54) is 55.2 Å². The van der Waals surface area contributed by atoms with Crippen molar-refractivity contribution in [3.8, 4) is 10.8 Å². The summed E-state index contributed by atoms with van der Waals surface area (Å²) in [6, 6.07) is 17.1. The van der Waals surface area contributed by atoms with Gasteiger partial charge in [-0.25, -0.2) is 15.0 Å². The number of benzene rings is 2. The zero-order chi connectivity index (χ0) is 88.9. The van der Waals surface area contributed by atoms with Crippen LogP contribution < -0.4 is 47.3 Å². The fourth-order valence-corrected chi connectivity index (χ4v) is 14.4. The molecule has 0 unspecified atom stereocenters. The molecular formula is C83H108ClN23O16S. The van der Waals surface area contributed by atoms with Crippen molar-refractivity contribution < 1.29 is 76.4 Å². The number of carbonyl (C=O) groups excluding carboxylic acids is 10. The van der Waals surface area contributed by atoms with Gasteiger partial charge in [0.15, 0.2) is 23.3 Å². The number of ether oxygens (including phenoxy) is 6. The van der Waals surface area contributed by atoms with E-state index in [4.69, 9.17) is 45.0 Å². The lowest BCUT2D eigenvalue weighted by atomic mass is 9.99. The maximum atomic E-state index is 13.6. The largest absolute Gasteiger partial charge is 0.491 e. The van der Waals surface area contributed by atoms with E-state index in [-0.39, 0.29) is 122 Å². The zero-order valence-electron chi connectivity index (χ0n) is 71.5. The molecular weight excluding hydrogens is 1640 g/mol. The van der Waals surface area contributed by atoms with E-state index in [1.807, 2.05) is 42.8 Å². The van der Waals surface area contributed by atoms with Crippen molar-refractivity contribution in [1.82, 2.24) is 83.2 Å². The fourth-order valence-electron chi connectivity index (χ4n) is 13.1. The van der Waals surface area contributed by atoms with Gasteiger partial charge in [-0.05, 0) is 108 Å². The molecule has 7 aromatic heterocycles. The first-order chi connectivity index (χ1) is 59.6. The molecule has 10 amide bonds. The third-order valence-electron chi connectivity index (χ3n) is 19.8. The predicted octanol–water partition coefficient (Wildman–Crippen LogP) is 6.03. The van der Waals surface area contributed by atoms with Crippen LogP contribution in [0.4, 0.5) is 28.7 Å². The Kier molecular flexibility index (Phi) is 35.0. The highest BCUT2D eigenvalue weighted by Crippen LogP contribution is 2.40. The minimum atomic E-state index is -0.640. The molecule has 0 bridgehead atoms. The second kappa shape index (κ2) is 46.3. The van der Waals surface area contributed by atoms with Gasteiger partial charge in [-0.15, -0.1) is 21.5 Å². The van der Waals surface area contributed by atoms with Crippen molar-refractivity contribution in [3.63, 3.8) is 0 Å². The number of halogens is 1. The fraction of sp³-hybridized carbons (Fsp3) is 0.446. The van der Waals surface area contributed by atoms with Crippen LogP contribution in [0.5, 0.6) is 5.75 Å². The minimum Gasteiger partial charge on any atom is -0.491 e. The van der Waals surface area contributed by atoms with Crippen LogP contribution in [0.2, 0.25) is 5.02 Å². The Hall–Kier alpha value is -12.3. The van der Waals surface area contributed by atoms with Crippen LogP contribution in [0.15, 0.2) is 103 Å². The van der Waals surface area contributed by atoms with Crippen molar-refractivity contribution >= 4 is 116 Å². The first kappa shape index (κ1) is 93.9. The molecule has 0 fully saturated rings. The molecule has 8 heterocycles. The number of aryl methyl sites for hydroxylation is 7. The van der Waals surface area contributed by atoms with Gasteiger partial charge in [0.05, 0.1) is 96.0 Å². The number of hydrogen-bond donors (Lipinski definition) is 8. The number of nitrogens with zero attached hydrogens (tertiary/aromatic N) is 15. The normalized spacial score (nSPS) is 12.2. The van der Waals surface area contributed by atoms with Crippen molar-refractivity contribution in [3.05, 3.63) is 165 Å². The van der Waals surface area contributed by atoms with E-state index in [2.05, 4.69) is 86.4 Å². The molecule has 2 aromatic carbocycles. The van der Waals surface area contributed by atoms with Crippen LogP contribution in [0, 0.1) is 20.8 Å². The molecule has 0 radical (unpaired) electrons. The molecule has 0 saturated heterocycles. The second-order valence-electron chi connectivity index (χ2n) is 29.4. The molecule has 9 aromatic rings. The van der Waals surface area contributed by atoms with E-state index >= 15 is 0 Å². The Bertz CT molecular complexity index is 5220. The number of hydrogen-bond acceptors (Lipinski definition) is 24. The standard InChI is InChI=1S/C83H108ClN23O16S/c1-53-54(2)124-83-72(53)73(56-14-16-57(84)17-15-56)92-62(74-98-97-55(3)107(74)83)48-69(110)89-58-18-20-61(21-19-58)123-45-44-122-43-42-121-41-40-120-39-38-119-37-36-118-35-25-71(112)101(6)33-13-31-99(4)30-12-32-100(5)70(111)24-28-88-80(115)76-95-65(51-105(76)10)93-67(108)22-26-87-79(114)64-47-60(50-104(64)9)91-82(117)77-96-66(52-106(77)11)94-68(109)23-27-86-78(113)63-46-59(49-103(63)8)90-81(116)75-85-29-34-102(75)7/h14-21,29,34,46-47,49-52,62H,12-13,22-28,30-33,35-45,48H2,1-11H3,(H,86,113)(H,87,114)(H,88,115)(H,89,110)(H,90,116)(H,91,117)(H,93,108)(H,94,109)/t62-/m0/s1. The van der Waals surface area contributed by atoms with E-state index < -0.39 is 47.4 Å². The summed E-state index contributed by atoms with van der Waals surface area (Å²) in [5.41, 5.74) is 5.46. The summed E-state index contributed by atoms with van der Waals surface area (Å²) in [5.74, 6) is -1.73. The first-order valence-corrected chi connectivity index (χ1v) is 41.6. The maximum Gasteiger partial charge on any atom is 0.291 e. The highest BCUT2D eigenvalue weighted by molar-refractivity contribution is 7.15. The lowest BCUT2D eigenvalue weighted by Gasteiger charge is -2.22. The molecule has 664 valence electrons. The number of amides is 10. The third-order valence-corrected chi connectivity index (χ3v) is 21.3. The molecule has 1 aliphatic rings. The van der Waals surface area contributed by atoms with Gasteiger partial charge < -0.3 is 108 Å². The summed E-state index contributed by atoms with van der Waals surface area (Å²) in [7, 11) is 13.5. The van der Waals surface area contributed by atoms with Gasteiger partial charge in [-0.3, -0.25) is 57.5 Å². The molecule has 0 spiro atoms. The van der Waals surface area contributed by atoms with E-state index in [1.54, 1.807) is 112 Å². The van der Waals surface area contributed by atoms with Gasteiger partial charge in [0.2, 0.25) is 41.2 Å². The quantitative estimate of drug-likeness (QED) is 0.0202. The summed E-state index contributed by atoms with van der Waals surface area (Å²) in [4.78, 5) is 155. The van der Waals surface area contributed by atoms with Crippen LogP contribution in [0.1, 0.15) is 137 Å². The number of anilines is 5. The van der Waals surface area contributed by atoms with E-state index in [0.29, 0.717) is 114 Å². The maximum absolute atomic E-state index is 13.6. The third kappa shape index (κ3) is 27.3. The number of rotatable bonds is 49. The van der Waals surface area contributed by atoms with Gasteiger partial charge in [-0.2, -0.15) is 0 Å². The molecule has 10 rings (SSSR count). The summed E-state index contributed by atoms with van der Waals surface area (Å²) in [6.07, 6.45) is 10.7. The first-order valence-electron chi connectivity index (χ1n) is 40.5. The molecule has 124 heavy (non-hydrogen) atoms. The minimum absolute atomic E-state index is 0.00251. The average molecular weight is 1750 g/mol. The molecule has 0 aliphatic carbocycles. The Morgan fingerprint density at radius 3 is 1.52 bits per heavy atom. The number of aromatic nitrogens is 11. The van der Waals surface area contributed by atoms with Gasteiger partial charge in [0, 0.05) is 165 Å². The van der Waals surface area contributed by atoms with Crippen molar-refractivity contribution in [1.29, 1.82) is 0 Å². The molecule has 1 atom stereocenters. The Morgan fingerprint density at radius 1 is 0.492 bits per heavy atom. The van der Waals surface area contributed by atoms with Crippen LogP contribution in [0.3, 0.4) is 0 Å². The van der Waals surface area contributed by atoms with Gasteiger partial charge in [-0.1, -0.05) is 23.7 Å². The number of nitrogens with one attached hydrogen (secondary N) is 8.